The number of hydrogen-bond acceptors (Lipinski definition) is 3. The first kappa shape index (κ1) is 12.0. The number of anilines is 1. The first-order chi connectivity index (χ1) is 7.27. The second-order valence-electron chi connectivity index (χ2n) is 3.79. The fourth-order valence-electron chi connectivity index (χ4n) is 1.49. The predicted octanol–water partition coefficient (Wildman–Crippen LogP) is 2.13. The maximum absolute atomic E-state index is 5.08. The van der Waals surface area contributed by atoms with Gasteiger partial charge in [0.15, 0.2) is 0 Å². The van der Waals surface area contributed by atoms with E-state index < -0.39 is 0 Å². The van der Waals surface area contributed by atoms with E-state index in [1.165, 1.54) is 6.42 Å². The molecule has 1 heterocycles. The van der Waals surface area contributed by atoms with Gasteiger partial charge in [0.1, 0.15) is 5.82 Å². The van der Waals surface area contributed by atoms with Crippen molar-refractivity contribution in [3.63, 3.8) is 0 Å². The number of hydrogen-bond donors (Lipinski definition) is 1. The molecule has 0 saturated carbocycles. The number of nitrogens with one attached hydrogen (secondary N) is 1. The summed E-state index contributed by atoms with van der Waals surface area (Å²) < 4.78 is 7.09. The van der Waals surface area contributed by atoms with Crippen molar-refractivity contribution in [3.8, 4) is 0 Å². The lowest BCUT2D eigenvalue weighted by molar-refractivity contribution is 0.190. The number of unbranched alkanes of at least 4 members (excludes halogenated alkanes) is 1. The van der Waals surface area contributed by atoms with Gasteiger partial charge in [-0.15, -0.1) is 0 Å². The van der Waals surface area contributed by atoms with Crippen molar-refractivity contribution >= 4 is 5.82 Å². The van der Waals surface area contributed by atoms with Gasteiger partial charge in [0.2, 0.25) is 0 Å². The Bertz CT molecular complexity index is 273. The van der Waals surface area contributed by atoms with Gasteiger partial charge in [-0.2, -0.15) is 5.10 Å². The van der Waals surface area contributed by atoms with Crippen LogP contribution in [0.4, 0.5) is 5.82 Å². The third kappa shape index (κ3) is 3.91. The van der Waals surface area contributed by atoms with Crippen molar-refractivity contribution < 1.29 is 4.74 Å². The van der Waals surface area contributed by atoms with Crippen LogP contribution in [0.3, 0.4) is 0 Å². The van der Waals surface area contributed by atoms with Gasteiger partial charge >= 0.3 is 0 Å². The van der Waals surface area contributed by atoms with E-state index in [0.29, 0.717) is 12.6 Å². The standard InChI is InChI=1S/C11H21N3O/c1-4-5-8-14-11(6-7-12-14)13-10(2)9-15-3/h6-7,10,13H,4-5,8-9H2,1-3H3. The zero-order chi connectivity index (χ0) is 11.1. The Morgan fingerprint density at radius 2 is 2.40 bits per heavy atom. The van der Waals surface area contributed by atoms with E-state index in [4.69, 9.17) is 4.74 Å². The van der Waals surface area contributed by atoms with E-state index in [9.17, 15) is 0 Å². The largest absolute Gasteiger partial charge is 0.383 e. The molecule has 1 rings (SSSR count). The summed E-state index contributed by atoms with van der Waals surface area (Å²) in [5, 5.41) is 7.66. The van der Waals surface area contributed by atoms with E-state index in [0.717, 1.165) is 18.8 Å². The molecule has 0 saturated heterocycles. The topological polar surface area (TPSA) is 39.1 Å². The van der Waals surface area contributed by atoms with Crippen molar-refractivity contribution in [2.45, 2.75) is 39.3 Å². The molecule has 4 nitrogen and oxygen atoms in total. The number of aromatic nitrogens is 2. The summed E-state index contributed by atoms with van der Waals surface area (Å²) in [7, 11) is 1.71. The molecule has 1 unspecified atom stereocenters. The van der Waals surface area contributed by atoms with Gasteiger partial charge in [0.05, 0.1) is 12.8 Å². The molecule has 1 atom stereocenters. The molecular weight excluding hydrogens is 190 g/mol. The van der Waals surface area contributed by atoms with Gasteiger partial charge in [-0.25, -0.2) is 4.68 Å². The molecule has 1 N–H and O–H groups in total. The first-order valence-corrected chi connectivity index (χ1v) is 5.55. The highest BCUT2D eigenvalue weighted by Gasteiger charge is 2.05. The fraction of sp³-hybridized carbons (Fsp3) is 0.727. The summed E-state index contributed by atoms with van der Waals surface area (Å²) >= 11 is 0. The summed E-state index contributed by atoms with van der Waals surface area (Å²) in [5.74, 6) is 1.08. The van der Waals surface area contributed by atoms with Gasteiger partial charge in [-0.3, -0.25) is 0 Å². The second-order valence-corrected chi connectivity index (χ2v) is 3.79. The summed E-state index contributed by atoms with van der Waals surface area (Å²) in [5.41, 5.74) is 0. The van der Waals surface area contributed by atoms with Crippen LogP contribution < -0.4 is 5.32 Å². The maximum atomic E-state index is 5.08. The summed E-state index contributed by atoms with van der Waals surface area (Å²) in [4.78, 5) is 0. The number of rotatable bonds is 7. The van der Waals surface area contributed by atoms with Crippen LogP contribution in [-0.2, 0) is 11.3 Å². The van der Waals surface area contributed by atoms with Gasteiger partial charge < -0.3 is 10.1 Å². The van der Waals surface area contributed by atoms with E-state index in [2.05, 4.69) is 24.3 Å². The summed E-state index contributed by atoms with van der Waals surface area (Å²) in [6.07, 6.45) is 4.18. The Hall–Kier alpha value is -1.03. The van der Waals surface area contributed by atoms with E-state index in [1.807, 2.05) is 16.9 Å². The molecule has 1 aromatic heterocycles. The highest BCUT2D eigenvalue weighted by Crippen LogP contribution is 2.09. The molecule has 4 heteroatoms. The molecule has 15 heavy (non-hydrogen) atoms. The quantitative estimate of drug-likeness (QED) is 0.751. The van der Waals surface area contributed by atoms with Crippen LogP contribution in [0.1, 0.15) is 26.7 Å². The maximum Gasteiger partial charge on any atom is 0.124 e. The predicted molar refractivity (Wildman–Crippen MR) is 62.1 cm³/mol. The molecule has 0 fully saturated rings. The molecular formula is C11H21N3O. The number of ether oxygens (including phenoxy) is 1. The third-order valence-corrected chi connectivity index (χ3v) is 2.25. The average Bonchev–Trinajstić information content (AvgIpc) is 2.63. The average molecular weight is 211 g/mol. The normalized spacial score (nSPS) is 12.7. The lowest BCUT2D eigenvalue weighted by Gasteiger charge is -2.15. The van der Waals surface area contributed by atoms with Crippen LogP contribution in [-0.4, -0.2) is 29.5 Å². The van der Waals surface area contributed by atoms with Gasteiger partial charge in [0.25, 0.3) is 0 Å². The van der Waals surface area contributed by atoms with Crippen LogP contribution >= 0.6 is 0 Å². The van der Waals surface area contributed by atoms with Crippen LogP contribution in [0.25, 0.3) is 0 Å². The smallest absolute Gasteiger partial charge is 0.124 e. The fourth-order valence-corrected chi connectivity index (χ4v) is 1.49. The molecule has 0 radical (unpaired) electrons. The zero-order valence-corrected chi connectivity index (χ0v) is 9.86. The minimum Gasteiger partial charge on any atom is -0.383 e. The monoisotopic (exact) mass is 211 g/mol. The highest BCUT2D eigenvalue weighted by molar-refractivity contribution is 5.34. The molecule has 0 amide bonds. The SMILES string of the molecule is CCCCn1nccc1NC(C)COC. The van der Waals surface area contributed by atoms with Crippen LogP contribution in [0.5, 0.6) is 0 Å². The molecule has 0 aliphatic carbocycles. The Balaban J connectivity index is 2.48. The van der Waals surface area contributed by atoms with Crippen LogP contribution in [0.15, 0.2) is 12.3 Å². The van der Waals surface area contributed by atoms with Crippen molar-refractivity contribution in [1.82, 2.24) is 9.78 Å². The molecule has 1 aromatic rings. The first-order valence-electron chi connectivity index (χ1n) is 5.55. The Kier molecular flexibility index (Phi) is 5.18. The number of nitrogens with zero attached hydrogens (tertiary/aromatic N) is 2. The second kappa shape index (κ2) is 6.45. The minimum absolute atomic E-state index is 0.312. The van der Waals surface area contributed by atoms with Crippen LogP contribution in [0.2, 0.25) is 0 Å². The molecule has 86 valence electrons. The molecule has 0 bridgehead atoms. The van der Waals surface area contributed by atoms with E-state index in [1.54, 1.807) is 7.11 Å². The lowest BCUT2D eigenvalue weighted by Crippen LogP contribution is -2.22. The van der Waals surface area contributed by atoms with Gasteiger partial charge in [-0.05, 0) is 13.3 Å². The molecule has 0 spiro atoms. The molecule has 0 aliphatic rings. The Labute approximate surface area is 91.6 Å². The third-order valence-electron chi connectivity index (χ3n) is 2.25. The lowest BCUT2D eigenvalue weighted by atomic mass is 10.3. The van der Waals surface area contributed by atoms with Crippen molar-refractivity contribution in [1.29, 1.82) is 0 Å². The van der Waals surface area contributed by atoms with Gasteiger partial charge in [-0.1, -0.05) is 13.3 Å². The van der Waals surface area contributed by atoms with E-state index >= 15 is 0 Å². The molecule has 0 aromatic carbocycles. The van der Waals surface area contributed by atoms with Crippen molar-refractivity contribution in [2.75, 3.05) is 19.0 Å². The van der Waals surface area contributed by atoms with Crippen molar-refractivity contribution in [3.05, 3.63) is 12.3 Å². The highest BCUT2D eigenvalue weighted by atomic mass is 16.5. The van der Waals surface area contributed by atoms with Gasteiger partial charge in [0, 0.05) is 25.8 Å². The summed E-state index contributed by atoms with van der Waals surface area (Å²) in [6, 6.07) is 2.31. The zero-order valence-electron chi connectivity index (χ0n) is 9.86. The van der Waals surface area contributed by atoms with Crippen LogP contribution in [0, 0.1) is 0 Å². The Morgan fingerprint density at radius 3 is 3.07 bits per heavy atom. The molecule has 0 aliphatic heterocycles. The minimum atomic E-state index is 0.312. The van der Waals surface area contributed by atoms with Crippen molar-refractivity contribution in [2.24, 2.45) is 0 Å². The van der Waals surface area contributed by atoms with E-state index in [-0.39, 0.29) is 0 Å². The Morgan fingerprint density at radius 1 is 1.60 bits per heavy atom. The number of methoxy groups -OCH3 is 1. The summed E-state index contributed by atoms with van der Waals surface area (Å²) in [6.45, 7) is 5.97. The number of aryl methyl sites for hydroxylation is 1.